The standard InChI is InChI=1S/C13H18F2N2O/c1-8(2)13(3,7-16)17-12(18)9-4-10(14)6-11(15)5-9/h4-6,8H,7,16H2,1-3H3,(H,17,18). The Morgan fingerprint density at radius 3 is 2.22 bits per heavy atom. The molecule has 3 nitrogen and oxygen atoms in total. The van der Waals surface area contributed by atoms with Gasteiger partial charge in [-0.1, -0.05) is 13.8 Å². The van der Waals surface area contributed by atoms with Gasteiger partial charge in [-0.05, 0) is 25.0 Å². The summed E-state index contributed by atoms with van der Waals surface area (Å²) in [5.74, 6) is -1.99. The van der Waals surface area contributed by atoms with Crippen LogP contribution in [0.25, 0.3) is 0 Å². The van der Waals surface area contributed by atoms with E-state index in [1.165, 1.54) is 0 Å². The maximum atomic E-state index is 13.0. The van der Waals surface area contributed by atoms with Crippen LogP contribution in [0.1, 0.15) is 31.1 Å². The van der Waals surface area contributed by atoms with Crippen molar-refractivity contribution in [1.82, 2.24) is 5.32 Å². The van der Waals surface area contributed by atoms with E-state index < -0.39 is 23.1 Å². The first-order valence-corrected chi connectivity index (χ1v) is 5.77. The number of amides is 1. The van der Waals surface area contributed by atoms with Crippen molar-refractivity contribution in [1.29, 1.82) is 0 Å². The molecule has 0 spiro atoms. The van der Waals surface area contributed by atoms with E-state index in [4.69, 9.17) is 5.73 Å². The Morgan fingerprint density at radius 1 is 1.33 bits per heavy atom. The number of carbonyl (C=O) groups excluding carboxylic acids is 1. The largest absolute Gasteiger partial charge is 0.345 e. The average Bonchev–Trinajstić information content (AvgIpc) is 2.27. The molecule has 1 aromatic rings. The molecule has 1 atom stereocenters. The number of benzene rings is 1. The Morgan fingerprint density at radius 2 is 1.83 bits per heavy atom. The minimum Gasteiger partial charge on any atom is -0.345 e. The third kappa shape index (κ3) is 3.26. The molecule has 1 aromatic carbocycles. The molecule has 0 aliphatic rings. The number of nitrogens with one attached hydrogen (secondary N) is 1. The van der Waals surface area contributed by atoms with Crippen LogP contribution in [-0.4, -0.2) is 18.0 Å². The molecule has 0 fully saturated rings. The number of nitrogens with two attached hydrogens (primary N) is 1. The van der Waals surface area contributed by atoms with Gasteiger partial charge in [-0.2, -0.15) is 0 Å². The molecule has 0 aromatic heterocycles. The lowest BCUT2D eigenvalue weighted by atomic mass is 9.88. The van der Waals surface area contributed by atoms with E-state index >= 15 is 0 Å². The smallest absolute Gasteiger partial charge is 0.251 e. The normalized spacial score (nSPS) is 14.4. The molecule has 1 unspecified atom stereocenters. The second kappa shape index (κ2) is 5.44. The fourth-order valence-electron chi connectivity index (χ4n) is 1.45. The molecule has 0 bridgehead atoms. The van der Waals surface area contributed by atoms with Crippen LogP contribution in [0.3, 0.4) is 0 Å². The highest BCUT2D eigenvalue weighted by Gasteiger charge is 2.29. The average molecular weight is 256 g/mol. The molecule has 0 aliphatic carbocycles. The highest BCUT2D eigenvalue weighted by molar-refractivity contribution is 5.94. The van der Waals surface area contributed by atoms with Gasteiger partial charge in [0.2, 0.25) is 0 Å². The summed E-state index contributed by atoms with van der Waals surface area (Å²) in [5.41, 5.74) is 4.97. The van der Waals surface area contributed by atoms with Gasteiger partial charge in [0.25, 0.3) is 5.91 Å². The van der Waals surface area contributed by atoms with Crippen molar-refractivity contribution in [2.75, 3.05) is 6.54 Å². The fourth-order valence-corrected chi connectivity index (χ4v) is 1.45. The van der Waals surface area contributed by atoms with Gasteiger partial charge in [0, 0.05) is 18.2 Å². The second-order valence-electron chi connectivity index (χ2n) is 4.89. The molecular weight excluding hydrogens is 238 g/mol. The third-order valence-electron chi connectivity index (χ3n) is 3.22. The first-order valence-electron chi connectivity index (χ1n) is 5.77. The zero-order valence-corrected chi connectivity index (χ0v) is 10.8. The molecule has 1 amide bonds. The van der Waals surface area contributed by atoms with Crippen molar-refractivity contribution in [2.45, 2.75) is 26.3 Å². The lowest BCUT2D eigenvalue weighted by molar-refractivity contribution is 0.0882. The Balaban J connectivity index is 2.94. The molecular formula is C13H18F2N2O. The summed E-state index contributed by atoms with van der Waals surface area (Å²) in [5, 5.41) is 2.72. The number of hydrogen-bond acceptors (Lipinski definition) is 2. The van der Waals surface area contributed by atoms with Crippen LogP contribution >= 0.6 is 0 Å². The molecule has 1 rings (SSSR count). The zero-order chi connectivity index (χ0) is 13.9. The van der Waals surface area contributed by atoms with Gasteiger partial charge in [-0.3, -0.25) is 4.79 Å². The van der Waals surface area contributed by atoms with E-state index in [1.54, 1.807) is 6.92 Å². The van der Waals surface area contributed by atoms with Gasteiger partial charge < -0.3 is 11.1 Å². The highest BCUT2D eigenvalue weighted by atomic mass is 19.1. The topological polar surface area (TPSA) is 55.1 Å². The molecule has 5 heteroatoms. The van der Waals surface area contributed by atoms with Crippen molar-refractivity contribution in [3.05, 3.63) is 35.4 Å². The van der Waals surface area contributed by atoms with E-state index in [1.807, 2.05) is 13.8 Å². The molecule has 3 N–H and O–H groups in total. The lowest BCUT2D eigenvalue weighted by Gasteiger charge is -2.33. The van der Waals surface area contributed by atoms with Crippen LogP contribution in [-0.2, 0) is 0 Å². The van der Waals surface area contributed by atoms with E-state index in [2.05, 4.69) is 5.32 Å². The van der Waals surface area contributed by atoms with Crippen LogP contribution in [0.15, 0.2) is 18.2 Å². The van der Waals surface area contributed by atoms with Crippen LogP contribution in [0, 0.1) is 17.6 Å². The first kappa shape index (κ1) is 14.6. The fraction of sp³-hybridized carbons (Fsp3) is 0.462. The Kier molecular flexibility index (Phi) is 4.40. The summed E-state index contributed by atoms with van der Waals surface area (Å²) in [4.78, 5) is 11.9. The minimum absolute atomic E-state index is 0.0483. The SMILES string of the molecule is CC(C)C(C)(CN)NC(=O)c1cc(F)cc(F)c1. The highest BCUT2D eigenvalue weighted by Crippen LogP contribution is 2.16. The number of halogens is 2. The van der Waals surface area contributed by atoms with E-state index in [0.717, 1.165) is 18.2 Å². The summed E-state index contributed by atoms with van der Waals surface area (Å²) in [7, 11) is 0. The quantitative estimate of drug-likeness (QED) is 0.866. The van der Waals surface area contributed by atoms with Crippen molar-refractivity contribution in [3.63, 3.8) is 0 Å². The van der Waals surface area contributed by atoms with Crippen LogP contribution in [0.2, 0.25) is 0 Å². The number of carbonyl (C=O) groups is 1. The van der Waals surface area contributed by atoms with Gasteiger partial charge in [0.1, 0.15) is 11.6 Å². The van der Waals surface area contributed by atoms with Gasteiger partial charge in [0.05, 0.1) is 5.54 Å². The molecule has 0 saturated heterocycles. The Bertz CT molecular complexity index is 428. The maximum Gasteiger partial charge on any atom is 0.251 e. The van der Waals surface area contributed by atoms with E-state index in [9.17, 15) is 13.6 Å². The van der Waals surface area contributed by atoms with E-state index in [-0.39, 0.29) is 18.0 Å². The van der Waals surface area contributed by atoms with Crippen LogP contribution < -0.4 is 11.1 Å². The van der Waals surface area contributed by atoms with Gasteiger partial charge in [-0.15, -0.1) is 0 Å². The molecule has 0 heterocycles. The lowest BCUT2D eigenvalue weighted by Crippen LogP contribution is -2.55. The van der Waals surface area contributed by atoms with Crippen molar-refractivity contribution in [2.24, 2.45) is 11.7 Å². The number of rotatable bonds is 4. The van der Waals surface area contributed by atoms with Crippen LogP contribution in [0.4, 0.5) is 8.78 Å². The third-order valence-corrected chi connectivity index (χ3v) is 3.22. The molecule has 0 saturated carbocycles. The first-order chi connectivity index (χ1) is 8.28. The summed E-state index contributed by atoms with van der Waals surface area (Å²) < 4.78 is 26.0. The second-order valence-corrected chi connectivity index (χ2v) is 4.89. The Hall–Kier alpha value is -1.49. The molecule has 0 aliphatic heterocycles. The summed E-state index contributed by atoms with van der Waals surface area (Å²) in [6, 6.07) is 2.71. The Labute approximate surface area is 105 Å². The summed E-state index contributed by atoms with van der Waals surface area (Å²) in [6.45, 7) is 5.87. The molecule has 18 heavy (non-hydrogen) atoms. The zero-order valence-electron chi connectivity index (χ0n) is 10.8. The predicted octanol–water partition coefficient (Wildman–Crippen LogP) is 2.07. The van der Waals surface area contributed by atoms with Crippen molar-refractivity contribution in [3.8, 4) is 0 Å². The van der Waals surface area contributed by atoms with Gasteiger partial charge in [-0.25, -0.2) is 8.78 Å². The predicted molar refractivity (Wildman–Crippen MR) is 66.1 cm³/mol. The van der Waals surface area contributed by atoms with Crippen molar-refractivity contribution >= 4 is 5.91 Å². The monoisotopic (exact) mass is 256 g/mol. The van der Waals surface area contributed by atoms with Gasteiger partial charge >= 0.3 is 0 Å². The molecule has 0 radical (unpaired) electrons. The minimum atomic E-state index is -0.779. The van der Waals surface area contributed by atoms with Crippen LogP contribution in [0.5, 0.6) is 0 Å². The summed E-state index contributed by atoms with van der Waals surface area (Å²) in [6.07, 6.45) is 0. The van der Waals surface area contributed by atoms with Gasteiger partial charge in [0.15, 0.2) is 0 Å². The van der Waals surface area contributed by atoms with E-state index in [0.29, 0.717) is 0 Å². The maximum absolute atomic E-state index is 13.0. The number of hydrogen-bond donors (Lipinski definition) is 2. The molecule has 100 valence electrons. The summed E-state index contributed by atoms with van der Waals surface area (Å²) >= 11 is 0. The van der Waals surface area contributed by atoms with Crippen molar-refractivity contribution < 1.29 is 13.6 Å².